The van der Waals surface area contributed by atoms with Crippen molar-refractivity contribution in [2.24, 2.45) is 0 Å². The Bertz CT molecular complexity index is 1080. The standard InChI is InChI=1S/C9H7N5.C7H5BrN2/c1-3-13-4-2-11-9(13)5-8(1)14-7-10-6-12-14;8-6-1-3-10-4-2-9-7(10)5-6/h1-7H;1-5H. The van der Waals surface area contributed by atoms with Crippen LogP contribution in [0.25, 0.3) is 17.0 Å². The van der Waals surface area contributed by atoms with Crippen LogP contribution in [-0.4, -0.2) is 33.5 Å². The number of halogens is 1. The molecule has 0 fully saturated rings. The zero-order valence-electron chi connectivity index (χ0n) is 12.4. The first-order valence-electron chi connectivity index (χ1n) is 7.15. The Morgan fingerprint density at radius 3 is 2.25 bits per heavy atom. The summed E-state index contributed by atoms with van der Waals surface area (Å²) in [5, 5.41) is 4.05. The first-order chi connectivity index (χ1) is 11.8. The SMILES string of the molecule is Brc1ccn2ccnc2c1.c1cn2ccc(-n3cncn3)cc2n1. The van der Waals surface area contributed by atoms with Gasteiger partial charge in [0.2, 0.25) is 0 Å². The molecule has 0 atom stereocenters. The van der Waals surface area contributed by atoms with Crippen molar-refractivity contribution >= 4 is 27.2 Å². The molecule has 5 aromatic heterocycles. The predicted molar refractivity (Wildman–Crippen MR) is 93.0 cm³/mol. The number of nitrogens with zero attached hydrogens (tertiary/aromatic N) is 7. The van der Waals surface area contributed by atoms with Crippen LogP contribution in [0.15, 0.2) is 78.6 Å². The molecule has 0 radical (unpaired) electrons. The maximum absolute atomic E-state index is 4.19. The van der Waals surface area contributed by atoms with E-state index in [2.05, 4.69) is 36.0 Å². The van der Waals surface area contributed by atoms with Crippen LogP contribution in [0.3, 0.4) is 0 Å². The Morgan fingerprint density at radius 1 is 0.833 bits per heavy atom. The second-order valence-corrected chi connectivity index (χ2v) is 5.87. The topological polar surface area (TPSA) is 65.3 Å². The van der Waals surface area contributed by atoms with Gasteiger partial charge >= 0.3 is 0 Å². The minimum absolute atomic E-state index is 0.901. The molecule has 0 amide bonds. The van der Waals surface area contributed by atoms with Gasteiger partial charge < -0.3 is 8.80 Å². The van der Waals surface area contributed by atoms with Gasteiger partial charge in [-0.25, -0.2) is 19.6 Å². The highest BCUT2D eigenvalue weighted by atomic mass is 79.9. The number of aromatic nitrogens is 7. The van der Waals surface area contributed by atoms with Crippen LogP contribution in [0, 0.1) is 0 Å². The fourth-order valence-corrected chi connectivity index (χ4v) is 2.59. The third kappa shape index (κ3) is 2.91. The summed E-state index contributed by atoms with van der Waals surface area (Å²) < 4.78 is 6.67. The van der Waals surface area contributed by atoms with Crippen molar-refractivity contribution in [2.45, 2.75) is 0 Å². The molecule has 0 aliphatic carbocycles. The molecule has 7 nitrogen and oxygen atoms in total. The lowest BCUT2D eigenvalue weighted by atomic mass is 10.4. The van der Waals surface area contributed by atoms with Crippen LogP contribution in [0.4, 0.5) is 0 Å². The third-order valence-electron chi connectivity index (χ3n) is 3.42. The summed E-state index contributed by atoms with van der Waals surface area (Å²) in [5.41, 5.74) is 2.83. The van der Waals surface area contributed by atoms with Gasteiger partial charge in [0.25, 0.3) is 0 Å². The molecule has 118 valence electrons. The summed E-state index contributed by atoms with van der Waals surface area (Å²) in [4.78, 5) is 12.2. The molecule has 0 aliphatic rings. The maximum atomic E-state index is 4.19. The smallest absolute Gasteiger partial charge is 0.138 e. The summed E-state index contributed by atoms with van der Waals surface area (Å²) in [5.74, 6) is 0. The predicted octanol–water partition coefficient (Wildman–Crippen LogP) is 3.01. The Kier molecular flexibility index (Phi) is 3.80. The van der Waals surface area contributed by atoms with Gasteiger partial charge in [-0.3, -0.25) is 0 Å². The Morgan fingerprint density at radius 2 is 1.54 bits per heavy atom. The van der Waals surface area contributed by atoms with E-state index in [1.807, 2.05) is 57.9 Å². The Hall–Kier alpha value is -3.00. The molecule has 0 unspecified atom stereocenters. The van der Waals surface area contributed by atoms with E-state index in [1.54, 1.807) is 23.4 Å². The molecule has 0 bridgehead atoms. The van der Waals surface area contributed by atoms with Crippen LogP contribution in [0.5, 0.6) is 0 Å². The van der Waals surface area contributed by atoms with Crippen molar-refractivity contribution in [1.82, 2.24) is 33.5 Å². The van der Waals surface area contributed by atoms with Gasteiger partial charge in [-0.15, -0.1) is 0 Å². The quantitative estimate of drug-likeness (QED) is 0.447. The van der Waals surface area contributed by atoms with E-state index < -0.39 is 0 Å². The second-order valence-electron chi connectivity index (χ2n) is 4.96. The van der Waals surface area contributed by atoms with E-state index in [9.17, 15) is 0 Å². The molecular formula is C16H12BrN7. The lowest BCUT2D eigenvalue weighted by molar-refractivity contribution is 0.876. The van der Waals surface area contributed by atoms with Crippen LogP contribution in [-0.2, 0) is 0 Å². The van der Waals surface area contributed by atoms with E-state index in [-0.39, 0.29) is 0 Å². The lowest BCUT2D eigenvalue weighted by Gasteiger charge is -2.00. The summed E-state index contributed by atoms with van der Waals surface area (Å²) in [6.45, 7) is 0. The molecule has 8 heteroatoms. The van der Waals surface area contributed by atoms with Gasteiger partial charge in [-0.05, 0) is 18.2 Å². The second kappa shape index (κ2) is 6.25. The molecule has 0 saturated carbocycles. The first-order valence-corrected chi connectivity index (χ1v) is 7.95. The van der Waals surface area contributed by atoms with E-state index in [0.29, 0.717) is 0 Å². The van der Waals surface area contributed by atoms with Crippen molar-refractivity contribution in [3.63, 3.8) is 0 Å². The van der Waals surface area contributed by atoms with Gasteiger partial charge in [0.15, 0.2) is 0 Å². The molecule has 0 N–H and O–H groups in total. The lowest BCUT2D eigenvalue weighted by Crippen LogP contribution is -1.95. The van der Waals surface area contributed by atoms with Gasteiger partial charge in [0.1, 0.15) is 23.9 Å². The summed E-state index contributed by atoms with van der Waals surface area (Å²) in [7, 11) is 0. The summed E-state index contributed by atoms with van der Waals surface area (Å²) in [6.07, 6.45) is 14.4. The van der Waals surface area contributed by atoms with Gasteiger partial charge in [0.05, 0.1) is 5.69 Å². The molecule has 24 heavy (non-hydrogen) atoms. The van der Waals surface area contributed by atoms with Crippen LogP contribution < -0.4 is 0 Å². The highest BCUT2D eigenvalue weighted by Gasteiger charge is 1.98. The molecule has 0 aromatic carbocycles. The van der Waals surface area contributed by atoms with Gasteiger partial charge in [-0.2, -0.15) is 5.10 Å². The molecule has 0 aliphatic heterocycles. The van der Waals surface area contributed by atoms with Crippen LogP contribution in [0.2, 0.25) is 0 Å². The molecule has 0 spiro atoms. The first kappa shape index (κ1) is 14.6. The Balaban J connectivity index is 0.000000129. The highest BCUT2D eigenvalue weighted by molar-refractivity contribution is 9.10. The number of hydrogen-bond acceptors (Lipinski definition) is 4. The Labute approximate surface area is 145 Å². The van der Waals surface area contributed by atoms with Gasteiger partial charge in [-0.1, -0.05) is 15.9 Å². The van der Waals surface area contributed by atoms with Gasteiger partial charge in [0, 0.05) is 47.7 Å². The van der Waals surface area contributed by atoms with Crippen molar-refractivity contribution in [2.75, 3.05) is 0 Å². The largest absolute Gasteiger partial charge is 0.307 e. The summed E-state index contributed by atoms with van der Waals surface area (Å²) in [6, 6.07) is 7.87. The maximum Gasteiger partial charge on any atom is 0.138 e. The fraction of sp³-hybridized carbons (Fsp3) is 0. The molecule has 5 heterocycles. The molecule has 5 rings (SSSR count). The zero-order chi connectivity index (χ0) is 16.4. The normalized spacial score (nSPS) is 10.7. The number of rotatable bonds is 1. The van der Waals surface area contributed by atoms with E-state index in [4.69, 9.17) is 0 Å². The van der Waals surface area contributed by atoms with Crippen molar-refractivity contribution in [1.29, 1.82) is 0 Å². The minimum Gasteiger partial charge on any atom is -0.307 e. The number of hydrogen-bond donors (Lipinski definition) is 0. The fourth-order valence-electron chi connectivity index (χ4n) is 2.27. The van der Waals surface area contributed by atoms with E-state index in [1.165, 1.54) is 6.33 Å². The average Bonchev–Trinajstić information content (AvgIpc) is 3.34. The number of fused-ring (bicyclic) bond motifs is 2. The summed E-state index contributed by atoms with van der Waals surface area (Å²) >= 11 is 3.36. The molecule has 5 aromatic rings. The van der Waals surface area contributed by atoms with Crippen LogP contribution >= 0.6 is 15.9 Å². The van der Waals surface area contributed by atoms with E-state index >= 15 is 0 Å². The zero-order valence-corrected chi connectivity index (χ0v) is 14.0. The molecular weight excluding hydrogens is 370 g/mol. The van der Waals surface area contributed by atoms with Crippen LogP contribution in [0.1, 0.15) is 0 Å². The van der Waals surface area contributed by atoms with E-state index in [0.717, 1.165) is 21.5 Å². The van der Waals surface area contributed by atoms with Crippen molar-refractivity contribution in [3.8, 4) is 5.69 Å². The minimum atomic E-state index is 0.901. The third-order valence-corrected chi connectivity index (χ3v) is 3.92. The number of pyridine rings is 2. The average molecular weight is 382 g/mol. The van der Waals surface area contributed by atoms with Crippen molar-refractivity contribution in [3.05, 3.63) is 78.6 Å². The molecule has 0 saturated heterocycles. The monoisotopic (exact) mass is 381 g/mol. The number of imidazole rings is 2. The highest BCUT2D eigenvalue weighted by Crippen LogP contribution is 2.11. The van der Waals surface area contributed by atoms with Crippen molar-refractivity contribution < 1.29 is 0 Å².